The predicted molar refractivity (Wildman–Crippen MR) is 100 cm³/mol. The first-order valence-corrected chi connectivity index (χ1v) is 9.49. The Morgan fingerprint density at radius 1 is 1.25 bits per heavy atom. The largest absolute Gasteiger partial charge is 0.369 e. The second-order valence-electron chi connectivity index (χ2n) is 4.82. The molecule has 0 aliphatic carbocycles. The highest BCUT2D eigenvalue weighted by molar-refractivity contribution is 7.98. The van der Waals surface area contributed by atoms with Gasteiger partial charge in [-0.25, -0.2) is 4.98 Å². The van der Waals surface area contributed by atoms with Crippen LogP contribution in [0.1, 0.15) is 5.56 Å². The summed E-state index contributed by atoms with van der Waals surface area (Å²) < 4.78 is 0. The fraction of sp³-hybridized carbons (Fsp3) is 0.312. The molecule has 0 atom stereocenters. The Hall–Kier alpha value is -1.68. The maximum Gasteiger partial charge on any atom is 0.270 e. The van der Waals surface area contributed by atoms with E-state index in [-0.39, 0.29) is 5.56 Å². The lowest BCUT2D eigenvalue weighted by atomic mass is 10.1. The molecule has 0 saturated carbocycles. The minimum absolute atomic E-state index is 0.0129. The van der Waals surface area contributed by atoms with Gasteiger partial charge in [0.05, 0.1) is 5.69 Å². The van der Waals surface area contributed by atoms with Crippen molar-refractivity contribution >= 4 is 40.7 Å². The monoisotopic (exact) mass is 382 g/mol. The molecule has 0 radical (unpaired) electrons. The first kappa shape index (κ1) is 18.7. The summed E-state index contributed by atoms with van der Waals surface area (Å²) in [5.74, 6) is 1.01. The van der Waals surface area contributed by atoms with Crippen LogP contribution in [0, 0.1) is 11.3 Å². The molecular formula is C16H16Cl2N4OS. The van der Waals surface area contributed by atoms with Crippen molar-refractivity contribution in [3.63, 3.8) is 0 Å². The number of anilines is 1. The molecule has 1 aromatic heterocycles. The third-order valence-corrected chi connectivity index (χ3v) is 4.34. The van der Waals surface area contributed by atoms with Gasteiger partial charge in [0.1, 0.15) is 11.6 Å². The Bertz CT molecular complexity index is 780. The van der Waals surface area contributed by atoms with Crippen LogP contribution in [0.3, 0.4) is 0 Å². The van der Waals surface area contributed by atoms with E-state index in [4.69, 9.17) is 23.2 Å². The number of nitrogens with zero attached hydrogens (tertiary/aromatic N) is 3. The molecule has 0 fully saturated rings. The minimum Gasteiger partial charge on any atom is -0.369 e. The quantitative estimate of drug-likeness (QED) is 0.451. The van der Waals surface area contributed by atoms with E-state index in [1.54, 1.807) is 0 Å². The first-order valence-electron chi connectivity index (χ1n) is 7.20. The van der Waals surface area contributed by atoms with Crippen LogP contribution in [0.5, 0.6) is 0 Å². The third-order valence-electron chi connectivity index (χ3n) is 3.42. The summed E-state index contributed by atoms with van der Waals surface area (Å²) in [5.41, 5.74) is 1.67. The molecule has 126 valence electrons. The number of thioether (sulfide) groups is 1. The summed E-state index contributed by atoms with van der Waals surface area (Å²) in [6, 6.07) is 9.45. The zero-order chi connectivity index (χ0) is 17.5. The lowest BCUT2D eigenvalue weighted by Gasteiger charge is -2.23. The number of alkyl halides is 2. The highest BCUT2D eigenvalue weighted by atomic mass is 35.5. The van der Waals surface area contributed by atoms with Crippen LogP contribution in [-0.2, 0) is 0 Å². The SMILES string of the molecule is CSc1nc(-c2ccc(N(CCCl)CCCl)cc2)c(C#N)c(=O)[nH]1. The van der Waals surface area contributed by atoms with Gasteiger partial charge in [0.25, 0.3) is 5.56 Å². The lowest BCUT2D eigenvalue weighted by molar-refractivity contribution is 0.874. The Kier molecular flexibility index (Phi) is 6.98. The third kappa shape index (κ3) is 4.23. The lowest BCUT2D eigenvalue weighted by Crippen LogP contribution is -2.27. The second-order valence-corrected chi connectivity index (χ2v) is 6.37. The number of hydrogen-bond donors (Lipinski definition) is 1. The van der Waals surface area contributed by atoms with Gasteiger partial charge in [-0.2, -0.15) is 5.26 Å². The molecule has 8 heteroatoms. The molecular weight excluding hydrogens is 367 g/mol. The van der Waals surface area contributed by atoms with Crippen LogP contribution in [-0.4, -0.2) is 41.1 Å². The van der Waals surface area contributed by atoms with Crippen LogP contribution in [0.2, 0.25) is 0 Å². The molecule has 2 rings (SSSR count). The van der Waals surface area contributed by atoms with Crippen molar-refractivity contribution in [1.29, 1.82) is 5.26 Å². The van der Waals surface area contributed by atoms with E-state index in [0.717, 1.165) is 5.69 Å². The molecule has 0 bridgehead atoms. The number of nitriles is 1. The van der Waals surface area contributed by atoms with E-state index in [2.05, 4.69) is 14.9 Å². The molecule has 0 spiro atoms. The maximum absolute atomic E-state index is 12.0. The molecule has 1 heterocycles. The van der Waals surface area contributed by atoms with Gasteiger partial charge in [-0.3, -0.25) is 4.79 Å². The van der Waals surface area contributed by atoms with E-state index in [1.165, 1.54) is 11.8 Å². The minimum atomic E-state index is -0.429. The summed E-state index contributed by atoms with van der Waals surface area (Å²) in [6.07, 6.45) is 1.81. The predicted octanol–water partition coefficient (Wildman–Crippen LogP) is 3.31. The van der Waals surface area contributed by atoms with Crippen LogP contribution in [0.15, 0.2) is 34.2 Å². The average Bonchev–Trinajstić information content (AvgIpc) is 2.61. The summed E-state index contributed by atoms with van der Waals surface area (Å²) in [7, 11) is 0. The van der Waals surface area contributed by atoms with Crippen LogP contribution < -0.4 is 10.5 Å². The van der Waals surface area contributed by atoms with E-state index in [9.17, 15) is 10.1 Å². The molecule has 0 amide bonds. The maximum atomic E-state index is 12.0. The number of hydrogen-bond acceptors (Lipinski definition) is 5. The number of rotatable bonds is 7. The second kappa shape index (κ2) is 8.97. The highest BCUT2D eigenvalue weighted by Crippen LogP contribution is 2.24. The number of aromatic amines is 1. The normalized spacial score (nSPS) is 10.4. The molecule has 5 nitrogen and oxygen atoms in total. The van der Waals surface area contributed by atoms with Crippen LogP contribution in [0.4, 0.5) is 5.69 Å². The zero-order valence-electron chi connectivity index (χ0n) is 13.1. The van der Waals surface area contributed by atoms with Crippen molar-refractivity contribution in [2.45, 2.75) is 5.16 Å². The molecule has 24 heavy (non-hydrogen) atoms. The van der Waals surface area contributed by atoms with Crippen molar-refractivity contribution in [3.05, 3.63) is 40.2 Å². The standard InChI is InChI=1S/C16H16Cl2N4OS/c1-24-16-20-14(13(10-19)15(23)21-16)11-2-4-12(5-3-11)22(8-6-17)9-7-18/h2-5H,6-9H2,1H3,(H,20,21,23). The van der Waals surface area contributed by atoms with Crippen LogP contribution >= 0.6 is 35.0 Å². The van der Waals surface area contributed by atoms with Gasteiger partial charge < -0.3 is 9.88 Å². The van der Waals surface area contributed by atoms with E-state index < -0.39 is 5.56 Å². The number of H-pyrrole nitrogens is 1. The molecule has 0 unspecified atom stereocenters. The summed E-state index contributed by atoms with van der Waals surface area (Å²) in [4.78, 5) is 21.0. The van der Waals surface area contributed by atoms with Gasteiger partial charge in [0.15, 0.2) is 5.16 Å². The molecule has 0 aliphatic heterocycles. The molecule has 2 aromatic rings. The summed E-state index contributed by atoms with van der Waals surface area (Å²) in [5, 5.41) is 9.73. The van der Waals surface area contributed by atoms with Crippen molar-refractivity contribution < 1.29 is 0 Å². The molecule has 0 aliphatic rings. The summed E-state index contributed by atoms with van der Waals surface area (Å²) in [6.45, 7) is 1.38. The van der Waals surface area contributed by atoms with Gasteiger partial charge in [0, 0.05) is 36.1 Å². The highest BCUT2D eigenvalue weighted by Gasteiger charge is 2.14. The van der Waals surface area contributed by atoms with Gasteiger partial charge >= 0.3 is 0 Å². The van der Waals surface area contributed by atoms with Gasteiger partial charge in [-0.15, -0.1) is 23.2 Å². The van der Waals surface area contributed by atoms with Crippen LogP contribution in [0.25, 0.3) is 11.3 Å². The first-order chi connectivity index (χ1) is 11.6. The van der Waals surface area contributed by atoms with E-state index in [1.807, 2.05) is 36.6 Å². The Balaban J connectivity index is 2.43. The zero-order valence-corrected chi connectivity index (χ0v) is 15.4. The number of halogens is 2. The van der Waals surface area contributed by atoms with Crippen molar-refractivity contribution in [3.8, 4) is 17.3 Å². The smallest absolute Gasteiger partial charge is 0.270 e. The number of nitrogens with one attached hydrogen (secondary N) is 1. The van der Waals surface area contributed by atoms with Crippen molar-refractivity contribution in [2.24, 2.45) is 0 Å². The van der Waals surface area contributed by atoms with Crippen molar-refractivity contribution in [1.82, 2.24) is 9.97 Å². The Morgan fingerprint density at radius 2 is 1.88 bits per heavy atom. The van der Waals surface area contributed by atoms with Crippen molar-refractivity contribution in [2.75, 3.05) is 36.0 Å². The fourth-order valence-electron chi connectivity index (χ4n) is 2.27. The number of aromatic nitrogens is 2. The average molecular weight is 383 g/mol. The Labute approximate surface area is 154 Å². The number of benzene rings is 1. The molecule has 0 saturated heterocycles. The summed E-state index contributed by atoms with van der Waals surface area (Å²) >= 11 is 13.0. The van der Waals surface area contributed by atoms with Gasteiger partial charge in [-0.1, -0.05) is 23.9 Å². The van der Waals surface area contributed by atoms with E-state index >= 15 is 0 Å². The molecule has 1 N–H and O–H groups in total. The Morgan fingerprint density at radius 3 is 2.38 bits per heavy atom. The molecule has 1 aromatic carbocycles. The fourth-order valence-corrected chi connectivity index (χ4v) is 3.05. The van der Waals surface area contributed by atoms with Gasteiger partial charge in [-0.05, 0) is 18.4 Å². The van der Waals surface area contributed by atoms with Gasteiger partial charge in [0.2, 0.25) is 0 Å². The topological polar surface area (TPSA) is 72.8 Å². The van der Waals surface area contributed by atoms with E-state index in [0.29, 0.717) is 41.3 Å².